The zero-order valence-corrected chi connectivity index (χ0v) is 9.18. The standard InChI is InChI=1S/C12H13N3O2/c13-9-4-2-1-3-8(9)5-6-10-14-11(16)7-12(17)15-10/h1-4,7H,5-6,13H2,(H2,14,15,16,17). The van der Waals surface area contributed by atoms with Crippen LogP contribution in [-0.2, 0) is 12.8 Å². The lowest BCUT2D eigenvalue weighted by Gasteiger charge is -2.04. The molecule has 0 spiro atoms. The van der Waals surface area contributed by atoms with Gasteiger partial charge in [0.25, 0.3) is 5.56 Å². The summed E-state index contributed by atoms with van der Waals surface area (Å²) in [5.74, 6) is 0.197. The highest BCUT2D eigenvalue weighted by atomic mass is 16.3. The molecule has 0 aliphatic carbocycles. The van der Waals surface area contributed by atoms with Crippen molar-refractivity contribution in [2.45, 2.75) is 12.8 Å². The maximum Gasteiger partial charge on any atom is 0.254 e. The number of nitrogens with one attached hydrogen (secondary N) is 1. The fourth-order valence-corrected chi connectivity index (χ4v) is 1.63. The highest BCUT2D eigenvalue weighted by molar-refractivity contribution is 5.46. The van der Waals surface area contributed by atoms with Crippen LogP contribution in [0.4, 0.5) is 5.69 Å². The molecule has 1 aromatic carbocycles. The van der Waals surface area contributed by atoms with E-state index in [0.29, 0.717) is 18.7 Å². The number of aromatic amines is 1. The first-order chi connectivity index (χ1) is 8.15. The average molecular weight is 231 g/mol. The van der Waals surface area contributed by atoms with E-state index in [4.69, 9.17) is 5.73 Å². The number of nitrogen functional groups attached to an aromatic ring is 1. The van der Waals surface area contributed by atoms with Gasteiger partial charge in [-0.3, -0.25) is 4.79 Å². The number of anilines is 1. The molecular weight excluding hydrogens is 218 g/mol. The molecule has 1 heterocycles. The van der Waals surface area contributed by atoms with Crippen molar-refractivity contribution in [2.75, 3.05) is 5.73 Å². The summed E-state index contributed by atoms with van der Waals surface area (Å²) in [7, 11) is 0. The highest BCUT2D eigenvalue weighted by Gasteiger charge is 2.02. The molecule has 1 aromatic heterocycles. The Morgan fingerprint density at radius 1 is 1.29 bits per heavy atom. The Bertz CT molecular complexity index is 578. The van der Waals surface area contributed by atoms with Gasteiger partial charge in [-0.1, -0.05) is 18.2 Å². The summed E-state index contributed by atoms with van der Waals surface area (Å²) in [5.41, 5.74) is 7.17. The van der Waals surface area contributed by atoms with Gasteiger partial charge in [-0.05, 0) is 18.1 Å². The van der Waals surface area contributed by atoms with E-state index in [1.54, 1.807) is 0 Å². The summed E-state index contributed by atoms with van der Waals surface area (Å²) < 4.78 is 0. The van der Waals surface area contributed by atoms with Gasteiger partial charge in [-0.25, -0.2) is 4.98 Å². The molecule has 5 heteroatoms. The predicted octanol–water partition coefficient (Wildman–Crippen LogP) is 0.843. The minimum atomic E-state index is -0.353. The molecule has 0 aliphatic heterocycles. The number of benzene rings is 1. The summed E-state index contributed by atoms with van der Waals surface area (Å²) >= 11 is 0. The molecule has 0 atom stereocenters. The zero-order chi connectivity index (χ0) is 12.3. The van der Waals surface area contributed by atoms with Crippen molar-refractivity contribution < 1.29 is 5.11 Å². The molecule has 0 fully saturated rings. The number of aromatic nitrogens is 2. The van der Waals surface area contributed by atoms with Gasteiger partial charge in [0.2, 0.25) is 5.88 Å². The third-order valence-electron chi connectivity index (χ3n) is 2.46. The molecule has 88 valence electrons. The maximum atomic E-state index is 11.1. The third-order valence-corrected chi connectivity index (χ3v) is 2.46. The van der Waals surface area contributed by atoms with E-state index in [0.717, 1.165) is 17.3 Å². The smallest absolute Gasteiger partial charge is 0.254 e. The number of nitrogens with zero attached hydrogens (tertiary/aromatic N) is 1. The molecule has 0 saturated carbocycles. The Morgan fingerprint density at radius 2 is 2.06 bits per heavy atom. The van der Waals surface area contributed by atoms with Gasteiger partial charge in [0.1, 0.15) is 5.82 Å². The van der Waals surface area contributed by atoms with Gasteiger partial charge >= 0.3 is 0 Å². The topological polar surface area (TPSA) is 92.0 Å². The number of nitrogens with two attached hydrogens (primary N) is 1. The van der Waals surface area contributed by atoms with E-state index >= 15 is 0 Å². The van der Waals surface area contributed by atoms with Crippen LogP contribution in [0.1, 0.15) is 11.4 Å². The van der Waals surface area contributed by atoms with E-state index in [1.165, 1.54) is 0 Å². The second-order valence-electron chi connectivity index (χ2n) is 3.75. The SMILES string of the molecule is Nc1ccccc1CCc1nc(O)cc(=O)[nH]1. The van der Waals surface area contributed by atoms with Crippen LogP contribution in [0.15, 0.2) is 35.1 Å². The van der Waals surface area contributed by atoms with Crippen LogP contribution in [0.2, 0.25) is 0 Å². The highest BCUT2D eigenvalue weighted by Crippen LogP contribution is 2.12. The lowest BCUT2D eigenvalue weighted by atomic mass is 10.1. The third kappa shape index (κ3) is 2.84. The monoisotopic (exact) mass is 231 g/mol. The molecular formula is C12H13N3O2. The van der Waals surface area contributed by atoms with Crippen molar-refractivity contribution >= 4 is 5.69 Å². The van der Waals surface area contributed by atoms with Crippen molar-refractivity contribution in [2.24, 2.45) is 0 Å². The van der Waals surface area contributed by atoms with E-state index in [2.05, 4.69) is 9.97 Å². The van der Waals surface area contributed by atoms with E-state index < -0.39 is 0 Å². The lowest BCUT2D eigenvalue weighted by molar-refractivity contribution is 0.447. The molecule has 0 bridgehead atoms. The first kappa shape index (κ1) is 11.2. The molecule has 0 aliphatic rings. The van der Waals surface area contributed by atoms with Crippen LogP contribution in [0.3, 0.4) is 0 Å². The lowest BCUT2D eigenvalue weighted by Crippen LogP contribution is -2.10. The summed E-state index contributed by atoms with van der Waals surface area (Å²) in [6.07, 6.45) is 1.19. The van der Waals surface area contributed by atoms with E-state index in [9.17, 15) is 9.90 Å². The van der Waals surface area contributed by atoms with Crippen LogP contribution < -0.4 is 11.3 Å². The van der Waals surface area contributed by atoms with E-state index in [-0.39, 0.29) is 11.4 Å². The number of rotatable bonds is 3. The van der Waals surface area contributed by atoms with Crippen molar-refractivity contribution in [3.63, 3.8) is 0 Å². The van der Waals surface area contributed by atoms with Crippen LogP contribution in [-0.4, -0.2) is 15.1 Å². The molecule has 0 radical (unpaired) electrons. The Labute approximate surface area is 98.0 Å². The Balaban J connectivity index is 2.13. The number of aromatic hydroxyl groups is 1. The second-order valence-corrected chi connectivity index (χ2v) is 3.75. The summed E-state index contributed by atoms with van der Waals surface area (Å²) in [6, 6.07) is 8.57. The van der Waals surface area contributed by atoms with Gasteiger partial charge in [-0.2, -0.15) is 0 Å². The normalized spacial score (nSPS) is 10.4. The second kappa shape index (κ2) is 4.69. The van der Waals surface area contributed by atoms with E-state index in [1.807, 2.05) is 24.3 Å². The Morgan fingerprint density at radius 3 is 2.76 bits per heavy atom. The van der Waals surface area contributed by atoms with Crippen molar-refractivity contribution in [3.05, 3.63) is 52.1 Å². The largest absolute Gasteiger partial charge is 0.493 e. The van der Waals surface area contributed by atoms with Crippen LogP contribution >= 0.6 is 0 Å². The molecule has 17 heavy (non-hydrogen) atoms. The number of para-hydroxylation sites is 1. The first-order valence-corrected chi connectivity index (χ1v) is 5.28. The average Bonchev–Trinajstić information content (AvgIpc) is 2.27. The first-order valence-electron chi connectivity index (χ1n) is 5.28. The van der Waals surface area contributed by atoms with Crippen molar-refractivity contribution in [1.29, 1.82) is 0 Å². The summed E-state index contributed by atoms with van der Waals surface area (Å²) in [5, 5.41) is 9.19. The minimum Gasteiger partial charge on any atom is -0.493 e. The van der Waals surface area contributed by atoms with Gasteiger partial charge in [0, 0.05) is 12.1 Å². The summed E-state index contributed by atoms with van der Waals surface area (Å²) in [6.45, 7) is 0. The maximum absolute atomic E-state index is 11.1. The fourth-order valence-electron chi connectivity index (χ4n) is 1.63. The number of aryl methyl sites for hydroxylation is 2. The van der Waals surface area contributed by atoms with Crippen LogP contribution in [0, 0.1) is 0 Å². The molecule has 2 rings (SSSR count). The molecule has 0 saturated heterocycles. The zero-order valence-electron chi connectivity index (χ0n) is 9.18. The van der Waals surface area contributed by atoms with Gasteiger partial charge in [0.15, 0.2) is 0 Å². The Hall–Kier alpha value is -2.30. The van der Waals surface area contributed by atoms with Gasteiger partial charge in [-0.15, -0.1) is 0 Å². The molecule has 5 nitrogen and oxygen atoms in total. The molecule has 2 aromatic rings. The quantitative estimate of drug-likeness (QED) is 0.682. The number of H-pyrrole nitrogens is 1. The van der Waals surface area contributed by atoms with Crippen molar-refractivity contribution in [3.8, 4) is 5.88 Å². The Kier molecular flexibility index (Phi) is 3.09. The number of hydrogen-bond acceptors (Lipinski definition) is 4. The van der Waals surface area contributed by atoms with Gasteiger partial charge in [0.05, 0.1) is 6.07 Å². The van der Waals surface area contributed by atoms with Gasteiger partial charge < -0.3 is 15.8 Å². The minimum absolute atomic E-state index is 0.259. The number of hydrogen-bond donors (Lipinski definition) is 3. The molecule has 0 unspecified atom stereocenters. The van der Waals surface area contributed by atoms with Crippen molar-refractivity contribution in [1.82, 2.24) is 9.97 Å². The fraction of sp³-hybridized carbons (Fsp3) is 0.167. The molecule has 4 N–H and O–H groups in total. The van der Waals surface area contributed by atoms with Crippen LogP contribution in [0.5, 0.6) is 5.88 Å². The predicted molar refractivity (Wildman–Crippen MR) is 64.8 cm³/mol. The summed E-state index contributed by atoms with van der Waals surface area (Å²) in [4.78, 5) is 17.5. The van der Waals surface area contributed by atoms with Crippen LogP contribution in [0.25, 0.3) is 0 Å². The molecule has 0 amide bonds.